The number of hydrogen-bond donors (Lipinski definition) is 0. The molecule has 1 amide bonds. The minimum atomic E-state index is 0.119. The Kier molecular flexibility index (Phi) is 4.34. The van der Waals surface area contributed by atoms with Gasteiger partial charge in [0.15, 0.2) is 0 Å². The van der Waals surface area contributed by atoms with Gasteiger partial charge >= 0.3 is 0 Å². The fourth-order valence-electron chi connectivity index (χ4n) is 3.53. The number of aromatic nitrogens is 3. The first-order valence-electron chi connectivity index (χ1n) is 9.08. The number of rotatable bonds is 3. The molecule has 4 heterocycles. The molecule has 2 aromatic rings. The molecule has 4 rings (SSSR count). The first kappa shape index (κ1) is 16.0. The van der Waals surface area contributed by atoms with Gasteiger partial charge in [-0.2, -0.15) is 0 Å². The molecule has 6 heteroatoms. The summed E-state index contributed by atoms with van der Waals surface area (Å²) in [4.78, 5) is 30.3. The average Bonchev–Trinajstić information content (AvgIpc) is 3.11. The van der Waals surface area contributed by atoms with Crippen LogP contribution in [0.2, 0.25) is 0 Å². The largest absolute Gasteiger partial charge is 0.346 e. The molecule has 0 aromatic carbocycles. The van der Waals surface area contributed by atoms with Crippen molar-refractivity contribution < 1.29 is 4.79 Å². The van der Waals surface area contributed by atoms with Crippen LogP contribution in [0.1, 0.15) is 53.6 Å². The van der Waals surface area contributed by atoms with Crippen LogP contribution in [-0.2, 0) is 19.5 Å². The summed E-state index contributed by atoms with van der Waals surface area (Å²) in [7, 11) is 0. The molecule has 0 atom stereocenters. The average molecular weight is 337 g/mol. The molecule has 2 aliphatic rings. The predicted octanol–water partition coefficient (Wildman–Crippen LogP) is 2.58. The van der Waals surface area contributed by atoms with Crippen LogP contribution in [0.4, 0.5) is 5.82 Å². The van der Waals surface area contributed by atoms with E-state index in [2.05, 4.69) is 26.8 Å². The van der Waals surface area contributed by atoms with Crippen LogP contribution in [0.3, 0.4) is 0 Å². The Balaban J connectivity index is 1.53. The fraction of sp³-hybridized carbons (Fsp3) is 0.474. The standard InChI is InChI=1S/C19H23N5O/c1-2-17-21-11-15-12-24(13-16(15)22-17)18-10-14(6-7-20-18)19(25)23-8-4-3-5-9-23/h6-7,10-11H,2-5,8-9,12-13H2,1H3. The van der Waals surface area contributed by atoms with E-state index in [9.17, 15) is 4.79 Å². The van der Waals surface area contributed by atoms with Gasteiger partial charge in [-0.1, -0.05) is 6.92 Å². The van der Waals surface area contributed by atoms with Crippen LogP contribution in [0, 0.1) is 0 Å². The van der Waals surface area contributed by atoms with E-state index in [0.29, 0.717) is 0 Å². The van der Waals surface area contributed by atoms with Crippen molar-refractivity contribution in [3.8, 4) is 0 Å². The molecule has 1 saturated heterocycles. The molecule has 0 unspecified atom stereocenters. The van der Waals surface area contributed by atoms with Crippen LogP contribution in [0.25, 0.3) is 0 Å². The van der Waals surface area contributed by atoms with E-state index in [1.807, 2.05) is 23.2 Å². The normalized spacial score (nSPS) is 16.8. The fourth-order valence-corrected chi connectivity index (χ4v) is 3.53. The van der Waals surface area contributed by atoms with Gasteiger partial charge < -0.3 is 9.80 Å². The van der Waals surface area contributed by atoms with Gasteiger partial charge in [0.05, 0.1) is 12.2 Å². The number of carbonyl (C=O) groups excluding carboxylic acids is 1. The third kappa shape index (κ3) is 3.21. The number of fused-ring (bicyclic) bond motifs is 1. The zero-order valence-corrected chi connectivity index (χ0v) is 14.6. The van der Waals surface area contributed by atoms with Crippen LogP contribution in [-0.4, -0.2) is 38.8 Å². The Morgan fingerprint density at radius 3 is 2.80 bits per heavy atom. The molecular weight excluding hydrogens is 314 g/mol. The second-order valence-corrected chi connectivity index (χ2v) is 6.72. The summed E-state index contributed by atoms with van der Waals surface area (Å²) in [6.45, 7) is 5.25. The van der Waals surface area contributed by atoms with Crippen LogP contribution in [0.15, 0.2) is 24.5 Å². The minimum Gasteiger partial charge on any atom is -0.346 e. The van der Waals surface area contributed by atoms with E-state index in [1.54, 1.807) is 6.20 Å². The lowest BCUT2D eigenvalue weighted by atomic mass is 10.1. The summed E-state index contributed by atoms with van der Waals surface area (Å²) in [5, 5.41) is 0. The lowest BCUT2D eigenvalue weighted by Crippen LogP contribution is -2.35. The van der Waals surface area contributed by atoms with Crippen molar-refractivity contribution in [2.24, 2.45) is 0 Å². The predicted molar refractivity (Wildman–Crippen MR) is 95.3 cm³/mol. The summed E-state index contributed by atoms with van der Waals surface area (Å²) in [5.41, 5.74) is 2.94. The lowest BCUT2D eigenvalue weighted by Gasteiger charge is -2.27. The van der Waals surface area contributed by atoms with Crippen LogP contribution in [0.5, 0.6) is 0 Å². The summed E-state index contributed by atoms with van der Waals surface area (Å²) in [6.07, 6.45) is 7.92. The summed E-state index contributed by atoms with van der Waals surface area (Å²) in [5.74, 6) is 1.83. The van der Waals surface area contributed by atoms with Crippen molar-refractivity contribution in [1.82, 2.24) is 19.9 Å². The maximum atomic E-state index is 12.7. The third-order valence-corrected chi connectivity index (χ3v) is 4.98. The highest BCUT2D eigenvalue weighted by atomic mass is 16.2. The van der Waals surface area contributed by atoms with Crippen molar-refractivity contribution in [2.75, 3.05) is 18.0 Å². The van der Waals surface area contributed by atoms with Gasteiger partial charge in [0.2, 0.25) is 0 Å². The first-order chi connectivity index (χ1) is 12.2. The van der Waals surface area contributed by atoms with Crippen LogP contribution >= 0.6 is 0 Å². The van der Waals surface area contributed by atoms with Gasteiger partial charge in [0.25, 0.3) is 5.91 Å². The molecule has 1 fully saturated rings. The molecule has 0 aliphatic carbocycles. The van der Waals surface area contributed by atoms with E-state index in [1.165, 1.54) is 6.42 Å². The zero-order valence-electron chi connectivity index (χ0n) is 14.6. The maximum Gasteiger partial charge on any atom is 0.254 e. The van der Waals surface area contributed by atoms with Gasteiger partial charge in [-0.25, -0.2) is 15.0 Å². The number of anilines is 1. The second kappa shape index (κ2) is 6.78. The number of carbonyl (C=O) groups is 1. The van der Waals surface area contributed by atoms with Crippen LogP contribution < -0.4 is 4.90 Å². The monoisotopic (exact) mass is 337 g/mol. The Labute approximate surface area is 147 Å². The molecule has 0 radical (unpaired) electrons. The molecule has 0 bridgehead atoms. The minimum absolute atomic E-state index is 0.119. The third-order valence-electron chi connectivity index (χ3n) is 4.98. The van der Waals surface area contributed by atoms with E-state index in [0.717, 1.165) is 73.9 Å². The molecule has 2 aliphatic heterocycles. The van der Waals surface area contributed by atoms with Gasteiger partial charge in [-0.3, -0.25) is 4.79 Å². The summed E-state index contributed by atoms with van der Waals surface area (Å²) in [6, 6.07) is 3.73. The number of likely N-dealkylation sites (tertiary alicyclic amines) is 1. The summed E-state index contributed by atoms with van der Waals surface area (Å²) < 4.78 is 0. The van der Waals surface area contributed by atoms with Crippen molar-refractivity contribution in [2.45, 2.75) is 45.7 Å². The van der Waals surface area contributed by atoms with Crippen molar-refractivity contribution in [1.29, 1.82) is 0 Å². The Morgan fingerprint density at radius 1 is 1.16 bits per heavy atom. The molecule has 130 valence electrons. The molecule has 6 nitrogen and oxygen atoms in total. The SMILES string of the molecule is CCc1ncc2c(n1)CN(c1cc(C(=O)N3CCCCC3)ccn1)C2. The second-order valence-electron chi connectivity index (χ2n) is 6.72. The quantitative estimate of drug-likeness (QED) is 0.861. The van der Waals surface area contributed by atoms with E-state index < -0.39 is 0 Å². The lowest BCUT2D eigenvalue weighted by molar-refractivity contribution is 0.0724. The molecular formula is C19H23N5O. The number of hydrogen-bond acceptors (Lipinski definition) is 5. The number of amides is 1. The van der Waals surface area contributed by atoms with Gasteiger partial charge in [-0.15, -0.1) is 0 Å². The highest BCUT2D eigenvalue weighted by molar-refractivity contribution is 5.94. The Hall–Kier alpha value is -2.50. The van der Waals surface area contributed by atoms with Gasteiger partial charge in [0, 0.05) is 49.6 Å². The van der Waals surface area contributed by atoms with Crippen molar-refractivity contribution in [3.05, 3.63) is 47.2 Å². The first-order valence-corrected chi connectivity index (χ1v) is 9.08. The molecule has 2 aromatic heterocycles. The van der Waals surface area contributed by atoms with E-state index in [-0.39, 0.29) is 5.91 Å². The topological polar surface area (TPSA) is 62.2 Å². The maximum absolute atomic E-state index is 12.7. The number of piperidine rings is 1. The molecule has 0 spiro atoms. The molecule has 25 heavy (non-hydrogen) atoms. The highest BCUT2D eigenvalue weighted by Crippen LogP contribution is 2.26. The van der Waals surface area contributed by atoms with Crippen molar-refractivity contribution in [3.63, 3.8) is 0 Å². The molecule has 0 saturated carbocycles. The Morgan fingerprint density at radius 2 is 2.00 bits per heavy atom. The highest BCUT2D eigenvalue weighted by Gasteiger charge is 2.24. The smallest absolute Gasteiger partial charge is 0.254 e. The zero-order chi connectivity index (χ0) is 17.2. The van der Waals surface area contributed by atoms with E-state index in [4.69, 9.17) is 0 Å². The van der Waals surface area contributed by atoms with Gasteiger partial charge in [0.1, 0.15) is 11.6 Å². The van der Waals surface area contributed by atoms with Gasteiger partial charge in [-0.05, 0) is 31.4 Å². The Bertz CT molecular complexity index is 785. The number of aryl methyl sites for hydroxylation is 1. The summed E-state index contributed by atoms with van der Waals surface area (Å²) >= 11 is 0. The molecule has 0 N–H and O–H groups in total. The van der Waals surface area contributed by atoms with E-state index >= 15 is 0 Å². The van der Waals surface area contributed by atoms with Crippen molar-refractivity contribution >= 4 is 11.7 Å². The number of pyridine rings is 1. The number of nitrogens with zero attached hydrogens (tertiary/aromatic N) is 5.